The van der Waals surface area contributed by atoms with Gasteiger partial charge in [0.05, 0.1) is 6.10 Å². The molecule has 9 heavy (non-hydrogen) atoms. The molecule has 1 rings (SSSR count). The molecule has 0 unspecified atom stereocenters. The minimum absolute atomic E-state index is 0.302. The van der Waals surface area contributed by atoms with Crippen molar-refractivity contribution in [3.8, 4) is 0 Å². The molecular weight excluding hydrogens is 118 g/mol. The van der Waals surface area contributed by atoms with Gasteiger partial charge in [0.1, 0.15) is 0 Å². The Morgan fingerprint density at radius 3 is 2.67 bits per heavy atom. The molecule has 1 aliphatic rings. The van der Waals surface area contributed by atoms with Crippen LogP contribution in [0.2, 0.25) is 0 Å². The Morgan fingerprint density at radius 2 is 2.11 bits per heavy atom. The maximum absolute atomic E-state index is 4.97. The average Bonchev–Trinajstić information content (AvgIpc) is 1.91. The molecule has 1 heterocycles. The third-order valence-electron chi connectivity index (χ3n) is 1.52. The fourth-order valence-corrected chi connectivity index (χ4v) is 1.01. The molecule has 0 radical (unpaired) electrons. The van der Waals surface area contributed by atoms with E-state index in [1.54, 1.807) is 0 Å². The Kier molecular flexibility index (Phi) is 2.93. The molecule has 4 nitrogen and oxygen atoms in total. The van der Waals surface area contributed by atoms with Crippen molar-refractivity contribution in [1.29, 1.82) is 0 Å². The summed E-state index contributed by atoms with van der Waals surface area (Å²) in [4.78, 5) is 4.97. The first-order valence-corrected chi connectivity index (χ1v) is 3.25. The number of rotatable bonds is 2. The van der Waals surface area contributed by atoms with Gasteiger partial charge in [-0.1, -0.05) is 0 Å². The smallest absolute Gasteiger partial charge is 0.0830 e. The van der Waals surface area contributed by atoms with Gasteiger partial charge in [-0.05, 0) is 25.9 Å². The van der Waals surface area contributed by atoms with Gasteiger partial charge in [0.2, 0.25) is 0 Å². The summed E-state index contributed by atoms with van der Waals surface area (Å²) in [5.74, 6) is 4.97. The molecule has 0 amide bonds. The predicted octanol–water partition coefficient (Wildman–Crippen LogP) is -0.867. The van der Waals surface area contributed by atoms with Gasteiger partial charge in [0.15, 0.2) is 0 Å². The fourth-order valence-electron chi connectivity index (χ4n) is 1.01. The summed E-state index contributed by atoms with van der Waals surface area (Å²) in [5, 5.41) is 3.22. The van der Waals surface area contributed by atoms with E-state index < -0.39 is 0 Å². The molecule has 0 aliphatic carbocycles. The molecular formula is C5H13N3O. The number of nitrogens with two attached hydrogens (primary N) is 1. The zero-order chi connectivity index (χ0) is 6.53. The van der Waals surface area contributed by atoms with Crippen molar-refractivity contribution in [2.45, 2.75) is 18.9 Å². The van der Waals surface area contributed by atoms with Crippen LogP contribution in [-0.2, 0) is 4.84 Å². The van der Waals surface area contributed by atoms with E-state index in [0.29, 0.717) is 6.10 Å². The first-order valence-electron chi connectivity index (χ1n) is 3.25. The summed E-state index contributed by atoms with van der Waals surface area (Å²) in [6.45, 7) is 2.07. The summed E-state index contributed by atoms with van der Waals surface area (Å²) in [6.07, 6.45) is 2.39. The van der Waals surface area contributed by atoms with Gasteiger partial charge >= 0.3 is 0 Å². The van der Waals surface area contributed by atoms with Gasteiger partial charge in [-0.2, -0.15) is 0 Å². The zero-order valence-corrected chi connectivity index (χ0v) is 5.39. The Bertz CT molecular complexity index is 69.8. The largest absolute Gasteiger partial charge is 0.317 e. The van der Waals surface area contributed by atoms with Gasteiger partial charge in [-0.25, -0.2) is 5.84 Å². The Balaban J connectivity index is 2.08. The van der Waals surface area contributed by atoms with Crippen molar-refractivity contribution in [3.63, 3.8) is 0 Å². The molecule has 0 bridgehead atoms. The molecule has 1 aliphatic heterocycles. The lowest BCUT2D eigenvalue weighted by Crippen LogP contribution is -2.37. The lowest BCUT2D eigenvalue weighted by Gasteiger charge is -2.21. The van der Waals surface area contributed by atoms with E-state index in [1.165, 1.54) is 0 Å². The van der Waals surface area contributed by atoms with E-state index in [1.807, 2.05) is 0 Å². The minimum Gasteiger partial charge on any atom is -0.317 e. The standard InChI is InChI=1S/C5H13N3O/c6-8-9-5-1-3-7-4-2-5/h5,7-8H,1-4,6H2. The second-order valence-electron chi connectivity index (χ2n) is 2.19. The molecule has 54 valence electrons. The fraction of sp³-hybridized carbons (Fsp3) is 1.00. The van der Waals surface area contributed by atoms with Crippen LogP contribution in [0.3, 0.4) is 0 Å². The van der Waals surface area contributed by atoms with Crippen LogP contribution >= 0.6 is 0 Å². The molecule has 4 heteroatoms. The lowest BCUT2D eigenvalue weighted by molar-refractivity contribution is -0.0389. The summed E-state index contributed by atoms with van der Waals surface area (Å²) in [6, 6.07) is 0. The Hall–Kier alpha value is -0.160. The molecule has 0 aromatic rings. The second kappa shape index (κ2) is 3.79. The summed E-state index contributed by atoms with van der Waals surface area (Å²) in [7, 11) is 0. The van der Waals surface area contributed by atoms with Crippen molar-refractivity contribution in [2.75, 3.05) is 13.1 Å². The van der Waals surface area contributed by atoms with Crippen LogP contribution in [0.1, 0.15) is 12.8 Å². The number of hydrogen-bond donors (Lipinski definition) is 3. The van der Waals surface area contributed by atoms with Gasteiger partial charge in [-0.3, -0.25) is 4.84 Å². The summed E-state index contributed by atoms with van der Waals surface area (Å²) < 4.78 is 0. The molecule has 1 saturated heterocycles. The monoisotopic (exact) mass is 131 g/mol. The number of hydrogen-bond acceptors (Lipinski definition) is 4. The molecule has 1 fully saturated rings. The first-order chi connectivity index (χ1) is 4.43. The van der Waals surface area contributed by atoms with E-state index in [0.717, 1.165) is 25.9 Å². The highest BCUT2D eigenvalue weighted by Gasteiger charge is 2.11. The van der Waals surface area contributed by atoms with Crippen molar-refractivity contribution in [2.24, 2.45) is 5.84 Å². The third-order valence-corrected chi connectivity index (χ3v) is 1.52. The molecule has 0 aromatic heterocycles. The molecule has 0 saturated carbocycles. The minimum atomic E-state index is 0.302. The number of nitrogens with one attached hydrogen (secondary N) is 2. The topological polar surface area (TPSA) is 59.3 Å². The van der Waals surface area contributed by atoms with Crippen LogP contribution in [0.25, 0.3) is 0 Å². The average molecular weight is 131 g/mol. The van der Waals surface area contributed by atoms with Gasteiger partial charge in [0, 0.05) is 0 Å². The maximum atomic E-state index is 4.97. The number of hydrazine groups is 1. The second-order valence-corrected chi connectivity index (χ2v) is 2.19. The van der Waals surface area contributed by atoms with Crippen molar-refractivity contribution >= 4 is 0 Å². The van der Waals surface area contributed by atoms with E-state index in [2.05, 4.69) is 10.9 Å². The van der Waals surface area contributed by atoms with E-state index in [4.69, 9.17) is 10.7 Å². The van der Waals surface area contributed by atoms with E-state index >= 15 is 0 Å². The van der Waals surface area contributed by atoms with Crippen LogP contribution < -0.4 is 16.7 Å². The highest BCUT2D eigenvalue weighted by Crippen LogP contribution is 2.03. The molecule has 0 spiro atoms. The van der Waals surface area contributed by atoms with E-state index in [9.17, 15) is 0 Å². The van der Waals surface area contributed by atoms with Gasteiger partial charge in [-0.15, -0.1) is 5.59 Å². The van der Waals surface area contributed by atoms with Crippen LogP contribution in [0, 0.1) is 0 Å². The SMILES string of the molecule is NNOC1CCNCC1. The maximum Gasteiger partial charge on any atom is 0.0830 e. The van der Waals surface area contributed by atoms with Crippen LogP contribution in [0.15, 0.2) is 0 Å². The highest BCUT2D eigenvalue weighted by molar-refractivity contribution is 4.66. The predicted molar refractivity (Wildman–Crippen MR) is 34.3 cm³/mol. The molecule has 0 aromatic carbocycles. The van der Waals surface area contributed by atoms with Crippen LogP contribution in [0.4, 0.5) is 0 Å². The highest BCUT2D eigenvalue weighted by atomic mass is 16.7. The zero-order valence-electron chi connectivity index (χ0n) is 5.39. The molecule has 4 N–H and O–H groups in total. The third kappa shape index (κ3) is 2.28. The number of piperidine rings is 1. The normalized spacial score (nSPS) is 22.3. The van der Waals surface area contributed by atoms with Gasteiger partial charge < -0.3 is 5.32 Å². The van der Waals surface area contributed by atoms with Crippen molar-refractivity contribution < 1.29 is 4.84 Å². The van der Waals surface area contributed by atoms with E-state index in [-0.39, 0.29) is 0 Å². The van der Waals surface area contributed by atoms with Crippen molar-refractivity contribution in [3.05, 3.63) is 0 Å². The molecule has 0 atom stereocenters. The summed E-state index contributed by atoms with van der Waals surface area (Å²) >= 11 is 0. The lowest BCUT2D eigenvalue weighted by atomic mass is 10.1. The summed E-state index contributed by atoms with van der Waals surface area (Å²) in [5.41, 5.74) is 2.21. The quantitative estimate of drug-likeness (QED) is 0.337. The van der Waals surface area contributed by atoms with Crippen LogP contribution in [0.5, 0.6) is 0 Å². The van der Waals surface area contributed by atoms with Crippen molar-refractivity contribution in [1.82, 2.24) is 10.9 Å². The van der Waals surface area contributed by atoms with Crippen LogP contribution in [-0.4, -0.2) is 19.2 Å². The Labute approximate surface area is 54.7 Å². The van der Waals surface area contributed by atoms with Gasteiger partial charge in [0.25, 0.3) is 0 Å². The Morgan fingerprint density at radius 1 is 1.44 bits per heavy atom. The first kappa shape index (κ1) is 6.95.